The van der Waals surface area contributed by atoms with Gasteiger partial charge in [-0.1, -0.05) is 12.1 Å². The van der Waals surface area contributed by atoms with Crippen molar-refractivity contribution in [3.05, 3.63) is 48.0 Å². The molecular formula is C19H25NO4. The highest BCUT2D eigenvalue weighted by atomic mass is 16.5. The third-order valence-electron chi connectivity index (χ3n) is 3.39. The van der Waals surface area contributed by atoms with Crippen molar-refractivity contribution >= 4 is 0 Å². The van der Waals surface area contributed by atoms with Gasteiger partial charge >= 0.3 is 0 Å². The van der Waals surface area contributed by atoms with E-state index in [0.717, 1.165) is 29.2 Å². The first-order valence-electron chi connectivity index (χ1n) is 8.12. The second-order valence-corrected chi connectivity index (χ2v) is 5.13. The summed E-state index contributed by atoms with van der Waals surface area (Å²) >= 11 is 0. The lowest BCUT2D eigenvalue weighted by molar-refractivity contribution is 0.208. The summed E-state index contributed by atoms with van der Waals surface area (Å²) in [6.45, 7) is 4.00. The molecule has 0 bridgehead atoms. The third-order valence-corrected chi connectivity index (χ3v) is 3.39. The fourth-order valence-electron chi connectivity index (χ4n) is 2.26. The van der Waals surface area contributed by atoms with Crippen molar-refractivity contribution in [3.63, 3.8) is 0 Å². The summed E-state index contributed by atoms with van der Waals surface area (Å²) in [5.74, 6) is 2.97. The van der Waals surface area contributed by atoms with Crippen LogP contribution in [0.4, 0.5) is 0 Å². The maximum absolute atomic E-state index is 5.79. The van der Waals surface area contributed by atoms with E-state index in [2.05, 4.69) is 0 Å². The summed E-state index contributed by atoms with van der Waals surface area (Å²) in [4.78, 5) is 0. The van der Waals surface area contributed by atoms with Gasteiger partial charge < -0.3 is 24.7 Å². The predicted octanol–water partition coefficient (Wildman–Crippen LogP) is 3.05. The van der Waals surface area contributed by atoms with Crippen LogP contribution in [0.3, 0.4) is 0 Å². The Morgan fingerprint density at radius 2 is 1.67 bits per heavy atom. The van der Waals surface area contributed by atoms with Gasteiger partial charge in [0.2, 0.25) is 0 Å². The normalized spacial score (nSPS) is 10.3. The number of ether oxygens (including phenoxy) is 4. The molecule has 0 saturated heterocycles. The number of hydrogen-bond acceptors (Lipinski definition) is 5. The minimum Gasteiger partial charge on any atom is -0.497 e. The number of nitrogens with two attached hydrogens (primary N) is 1. The topological polar surface area (TPSA) is 62.9 Å². The Labute approximate surface area is 143 Å². The van der Waals surface area contributed by atoms with Crippen LogP contribution >= 0.6 is 0 Å². The molecule has 2 rings (SSSR count). The molecule has 0 aliphatic rings. The number of hydrogen-bond donors (Lipinski definition) is 1. The highest BCUT2D eigenvalue weighted by molar-refractivity contribution is 5.43. The molecule has 0 aliphatic carbocycles. The van der Waals surface area contributed by atoms with E-state index >= 15 is 0 Å². The van der Waals surface area contributed by atoms with Crippen LogP contribution in [0.2, 0.25) is 0 Å². The van der Waals surface area contributed by atoms with Gasteiger partial charge in [0.1, 0.15) is 24.7 Å². The van der Waals surface area contributed by atoms with Crippen molar-refractivity contribution < 1.29 is 18.9 Å². The molecule has 5 nitrogen and oxygen atoms in total. The van der Waals surface area contributed by atoms with E-state index in [9.17, 15) is 0 Å². The van der Waals surface area contributed by atoms with Crippen LogP contribution < -0.4 is 24.7 Å². The molecule has 0 radical (unpaired) electrons. The van der Waals surface area contributed by atoms with Gasteiger partial charge in [-0.25, -0.2) is 0 Å². The Kier molecular flexibility index (Phi) is 7.23. The molecule has 2 aromatic rings. The largest absolute Gasteiger partial charge is 0.497 e. The van der Waals surface area contributed by atoms with Crippen LogP contribution in [0.5, 0.6) is 23.0 Å². The fourth-order valence-corrected chi connectivity index (χ4v) is 2.26. The van der Waals surface area contributed by atoms with Crippen LogP contribution in [0.25, 0.3) is 0 Å². The molecule has 0 aromatic heterocycles. The number of methoxy groups -OCH3 is 1. The van der Waals surface area contributed by atoms with Gasteiger partial charge in [0.05, 0.1) is 13.7 Å². The van der Waals surface area contributed by atoms with Gasteiger partial charge in [-0.15, -0.1) is 0 Å². The van der Waals surface area contributed by atoms with Gasteiger partial charge in [-0.3, -0.25) is 0 Å². The Bertz CT molecular complexity index is 631. The Morgan fingerprint density at radius 3 is 2.42 bits per heavy atom. The van der Waals surface area contributed by atoms with Crippen molar-refractivity contribution in [2.24, 2.45) is 5.73 Å². The summed E-state index contributed by atoms with van der Waals surface area (Å²) in [7, 11) is 1.63. The molecule has 2 N–H and O–H groups in total. The molecule has 2 aromatic carbocycles. The zero-order valence-corrected chi connectivity index (χ0v) is 14.3. The third kappa shape index (κ3) is 5.35. The van der Waals surface area contributed by atoms with Gasteiger partial charge in [0.15, 0.2) is 11.5 Å². The smallest absolute Gasteiger partial charge is 0.161 e. The number of benzene rings is 2. The highest BCUT2D eigenvalue weighted by Gasteiger charge is 2.07. The molecule has 24 heavy (non-hydrogen) atoms. The SMILES string of the molecule is CCOc1cc(CCN)ccc1OCCOc1cccc(OC)c1. The Balaban J connectivity index is 1.88. The molecule has 5 heteroatoms. The van der Waals surface area contributed by atoms with E-state index in [1.807, 2.05) is 49.4 Å². The van der Waals surface area contributed by atoms with Crippen LogP contribution in [-0.4, -0.2) is 33.5 Å². The Hall–Kier alpha value is -2.40. The lowest BCUT2D eigenvalue weighted by atomic mass is 10.1. The zero-order chi connectivity index (χ0) is 17.2. The summed E-state index contributed by atoms with van der Waals surface area (Å²) in [5.41, 5.74) is 6.74. The predicted molar refractivity (Wildman–Crippen MR) is 94.4 cm³/mol. The summed E-state index contributed by atoms with van der Waals surface area (Å²) in [6, 6.07) is 13.4. The van der Waals surface area contributed by atoms with Gasteiger partial charge in [-0.2, -0.15) is 0 Å². The molecule has 0 unspecified atom stereocenters. The number of rotatable bonds is 10. The first kappa shape index (κ1) is 17.9. The summed E-state index contributed by atoms with van der Waals surface area (Å²) in [6.07, 6.45) is 0.819. The quantitative estimate of drug-likeness (QED) is 0.678. The molecule has 0 heterocycles. The highest BCUT2D eigenvalue weighted by Crippen LogP contribution is 2.28. The van der Waals surface area contributed by atoms with Crippen LogP contribution in [0.1, 0.15) is 12.5 Å². The molecular weight excluding hydrogens is 306 g/mol. The van der Waals surface area contributed by atoms with Crippen molar-refractivity contribution in [1.82, 2.24) is 0 Å². The van der Waals surface area contributed by atoms with Crippen molar-refractivity contribution in [1.29, 1.82) is 0 Å². The zero-order valence-electron chi connectivity index (χ0n) is 14.3. The van der Waals surface area contributed by atoms with Crippen molar-refractivity contribution in [2.75, 3.05) is 33.5 Å². The van der Waals surface area contributed by atoms with Crippen molar-refractivity contribution in [2.45, 2.75) is 13.3 Å². The average Bonchev–Trinajstić information content (AvgIpc) is 2.61. The standard InChI is InChI=1S/C19H25NO4/c1-3-22-19-13-15(9-10-20)7-8-18(19)24-12-11-23-17-6-4-5-16(14-17)21-2/h4-8,13-14H,3,9-12,20H2,1-2H3. The molecule has 0 atom stereocenters. The van der Waals surface area contributed by atoms with Gasteiger partial charge in [0, 0.05) is 6.07 Å². The summed E-state index contributed by atoms with van der Waals surface area (Å²) < 4.78 is 22.3. The lowest BCUT2D eigenvalue weighted by Gasteiger charge is -2.14. The van der Waals surface area contributed by atoms with E-state index in [1.165, 1.54) is 0 Å². The van der Waals surface area contributed by atoms with Gasteiger partial charge in [0.25, 0.3) is 0 Å². The van der Waals surface area contributed by atoms with Gasteiger partial charge in [-0.05, 0) is 49.7 Å². The van der Waals surface area contributed by atoms with E-state index in [0.29, 0.717) is 32.1 Å². The van der Waals surface area contributed by atoms with E-state index < -0.39 is 0 Å². The molecule has 0 spiro atoms. The van der Waals surface area contributed by atoms with Crippen LogP contribution in [0.15, 0.2) is 42.5 Å². The maximum atomic E-state index is 5.79. The van der Waals surface area contributed by atoms with E-state index in [-0.39, 0.29) is 0 Å². The Morgan fingerprint density at radius 1 is 0.875 bits per heavy atom. The minimum atomic E-state index is 0.424. The molecule has 0 aliphatic heterocycles. The van der Waals surface area contributed by atoms with Crippen LogP contribution in [0, 0.1) is 0 Å². The van der Waals surface area contributed by atoms with E-state index in [1.54, 1.807) is 7.11 Å². The van der Waals surface area contributed by atoms with Crippen molar-refractivity contribution in [3.8, 4) is 23.0 Å². The molecule has 130 valence electrons. The first-order valence-corrected chi connectivity index (χ1v) is 8.12. The second-order valence-electron chi connectivity index (χ2n) is 5.13. The maximum Gasteiger partial charge on any atom is 0.161 e. The second kappa shape index (κ2) is 9.67. The van der Waals surface area contributed by atoms with Crippen LogP contribution in [-0.2, 0) is 6.42 Å². The monoisotopic (exact) mass is 331 g/mol. The first-order chi connectivity index (χ1) is 11.8. The molecule has 0 fully saturated rings. The fraction of sp³-hybridized carbons (Fsp3) is 0.368. The minimum absolute atomic E-state index is 0.424. The molecule has 0 saturated carbocycles. The average molecular weight is 331 g/mol. The summed E-state index contributed by atoms with van der Waals surface area (Å²) in [5, 5.41) is 0. The lowest BCUT2D eigenvalue weighted by Crippen LogP contribution is -2.10. The van der Waals surface area contributed by atoms with E-state index in [4.69, 9.17) is 24.7 Å². The molecule has 0 amide bonds.